The van der Waals surface area contributed by atoms with Crippen molar-refractivity contribution >= 4 is 0 Å². The van der Waals surface area contributed by atoms with Crippen molar-refractivity contribution in [3.05, 3.63) is 24.2 Å². The van der Waals surface area contributed by atoms with Crippen LogP contribution in [0.2, 0.25) is 0 Å². The monoisotopic (exact) mass is 294 g/mol. The highest BCUT2D eigenvalue weighted by atomic mass is 16.7. The van der Waals surface area contributed by atoms with Gasteiger partial charge in [-0.2, -0.15) is 0 Å². The van der Waals surface area contributed by atoms with Crippen molar-refractivity contribution in [3.63, 3.8) is 0 Å². The number of aliphatic hydroxyl groups is 1. The van der Waals surface area contributed by atoms with Gasteiger partial charge < -0.3 is 24.3 Å². The summed E-state index contributed by atoms with van der Waals surface area (Å²) in [5.74, 6) is 0.862. The summed E-state index contributed by atoms with van der Waals surface area (Å²) in [6, 6.07) is 3.60. The van der Waals surface area contributed by atoms with E-state index in [1.54, 1.807) is 6.26 Å². The van der Waals surface area contributed by atoms with E-state index >= 15 is 0 Å². The third-order valence-corrected chi connectivity index (χ3v) is 4.79. The van der Waals surface area contributed by atoms with Gasteiger partial charge in [-0.1, -0.05) is 0 Å². The average Bonchev–Trinajstić information content (AvgIpc) is 3.20. The second kappa shape index (κ2) is 5.70. The summed E-state index contributed by atoms with van der Waals surface area (Å²) in [5.41, 5.74) is 0. The molecule has 1 aromatic rings. The van der Waals surface area contributed by atoms with Crippen LogP contribution in [0.3, 0.4) is 0 Å². The van der Waals surface area contributed by atoms with Crippen molar-refractivity contribution in [1.29, 1.82) is 0 Å². The minimum absolute atomic E-state index is 0.0691. The Hall–Kier alpha value is -0.920. The zero-order valence-electron chi connectivity index (χ0n) is 12.0. The molecule has 6 nitrogen and oxygen atoms in total. The van der Waals surface area contributed by atoms with E-state index in [1.165, 1.54) is 12.8 Å². The van der Waals surface area contributed by atoms with Gasteiger partial charge in [-0.25, -0.2) is 0 Å². The molecule has 0 radical (unpaired) electrons. The third-order valence-electron chi connectivity index (χ3n) is 4.79. The van der Waals surface area contributed by atoms with Crippen LogP contribution in [0.5, 0.6) is 0 Å². The van der Waals surface area contributed by atoms with E-state index in [-0.39, 0.29) is 24.5 Å². The van der Waals surface area contributed by atoms with Crippen molar-refractivity contribution < 1.29 is 19.0 Å². The second-order valence-electron chi connectivity index (χ2n) is 6.09. The number of nitrogens with zero attached hydrogens (tertiary/aromatic N) is 1. The van der Waals surface area contributed by atoms with Gasteiger partial charge in [-0.15, -0.1) is 0 Å². The maximum Gasteiger partial charge on any atom is 0.176 e. The van der Waals surface area contributed by atoms with Crippen LogP contribution in [0, 0.1) is 0 Å². The lowest BCUT2D eigenvalue weighted by Gasteiger charge is -2.42. The highest BCUT2D eigenvalue weighted by molar-refractivity contribution is 5.04. The smallest absolute Gasteiger partial charge is 0.176 e. The molecule has 116 valence electrons. The number of hydrogen-bond acceptors (Lipinski definition) is 6. The van der Waals surface area contributed by atoms with Crippen LogP contribution >= 0.6 is 0 Å². The van der Waals surface area contributed by atoms with Gasteiger partial charge in [-0.05, 0) is 38.1 Å². The van der Waals surface area contributed by atoms with Crippen LogP contribution in [-0.4, -0.2) is 60.3 Å². The van der Waals surface area contributed by atoms with Crippen molar-refractivity contribution in [2.75, 3.05) is 19.7 Å². The van der Waals surface area contributed by atoms with Gasteiger partial charge in [0.15, 0.2) is 6.29 Å². The molecule has 2 N–H and O–H groups in total. The van der Waals surface area contributed by atoms with E-state index in [4.69, 9.17) is 13.9 Å². The summed E-state index contributed by atoms with van der Waals surface area (Å²) in [7, 11) is 0. The van der Waals surface area contributed by atoms with Crippen molar-refractivity contribution in [2.45, 2.75) is 50.0 Å². The SMILES string of the molecule is OC1C(NCc2ccco2)C2COC(O2)C1N1CCCC1. The number of nitrogens with one attached hydrogen (secondary N) is 1. The van der Waals surface area contributed by atoms with Gasteiger partial charge in [0.2, 0.25) is 0 Å². The molecule has 5 atom stereocenters. The largest absolute Gasteiger partial charge is 0.468 e. The van der Waals surface area contributed by atoms with E-state index in [9.17, 15) is 5.11 Å². The van der Waals surface area contributed by atoms with Gasteiger partial charge >= 0.3 is 0 Å². The minimum atomic E-state index is -0.482. The Kier molecular flexibility index (Phi) is 3.72. The van der Waals surface area contributed by atoms with Gasteiger partial charge in [-0.3, -0.25) is 4.90 Å². The van der Waals surface area contributed by atoms with Crippen molar-refractivity contribution in [2.24, 2.45) is 0 Å². The van der Waals surface area contributed by atoms with E-state index < -0.39 is 6.10 Å². The second-order valence-corrected chi connectivity index (χ2v) is 6.09. The Morgan fingerprint density at radius 3 is 2.95 bits per heavy atom. The fraction of sp³-hybridized carbons (Fsp3) is 0.733. The van der Waals surface area contributed by atoms with E-state index in [0.717, 1.165) is 18.8 Å². The number of likely N-dealkylation sites (tertiary alicyclic amines) is 1. The lowest BCUT2D eigenvalue weighted by molar-refractivity contribution is -0.179. The number of rotatable bonds is 4. The number of ether oxygens (including phenoxy) is 2. The third kappa shape index (κ3) is 2.51. The van der Waals surface area contributed by atoms with Crippen molar-refractivity contribution in [3.8, 4) is 0 Å². The van der Waals surface area contributed by atoms with Gasteiger partial charge in [0, 0.05) is 0 Å². The highest BCUT2D eigenvalue weighted by Crippen LogP contribution is 2.33. The number of fused-ring (bicyclic) bond motifs is 2. The van der Waals surface area contributed by atoms with Gasteiger partial charge in [0.25, 0.3) is 0 Å². The molecule has 3 saturated heterocycles. The molecule has 4 rings (SSSR count). The Bertz CT molecular complexity index is 458. The standard InChI is InChI=1S/C15H22N2O4/c18-14-12(16-8-10-4-3-7-19-10)11-9-20-15(21-11)13(14)17-5-1-2-6-17/h3-4,7,11-16,18H,1-2,5-6,8-9H2. The van der Waals surface area contributed by atoms with Crippen molar-refractivity contribution in [1.82, 2.24) is 10.2 Å². The van der Waals surface area contributed by atoms with Gasteiger partial charge in [0.1, 0.15) is 11.9 Å². The topological polar surface area (TPSA) is 67.1 Å². The zero-order valence-corrected chi connectivity index (χ0v) is 12.0. The van der Waals surface area contributed by atoms with Crippen LogP contribution in [0.15, 0.2) is 22.8 Å². The summed E-state index contributed by atoms with van der Waals surface area (Å²) >= 11 is 0. The lowest BCUT2D eigenvalue weighted by Crippen LogP contribution is -2.63. The summed E-state index contributed by atoms with van der Waals surface area (Å²) in [5, 5.41) is 14.2. The van der Waals surface area contributed by atoms with Crippen LogP contribution in [0.4, 0.5) is 0 Å². The molecular weight excluding hydrogens is 272 g/mol. The molecule has 21 heavy (non-hydrogen) atoms. The Morgan fingerprint density at radius 2 is 2.19 bits per heavy atom. The molecule has 6 heteroatoms. The van der Waals surface area contributed by atoms with Crippen LogP contribution in [0.25, 0.3) is 0 Å². The molecule has 3 aliphatic heterocycles. The van der Waals surface area contributed by atoms with E-state index in [0.29, 0.717) is 13.2 Å². The lowest BCUT2D eigenvalue weighted by atomic mass is 9.95. The molecule has 4 heterocycles. The first-order valence-corrected chi connectivity index (χ1v) is 7.78. The number of hydrogen-bond donors (Lipinski definition) is 2. The van der Waals surface area contributed by atoms with E-state index in [2.05, 4.69) is 10.2 Å². The maximum absolute atomic E-state index is 10.8. The molecule has 3 aliphatic rings. The number of aliphatic hydroxyl groups excluding tert-OH is 1. The molecule has 0 aromatic carbocycles. The zero-order chi connectivity index (χ0) is 14.2. The fourth-order valence-electron chi connectivity index (χ4n) is 3.71. The molecule has 2 bridgehead atoms. The summed E-state index contributed by atoms with van der Waals surface area (Å²) in [6.07, 6.45) is 3.17. The molecule has 0 amide bonds. The van der Waals surface area contributed by atoms with Crippen LogP contribution < -0.4 is 5.32 Å². The highest BCUT2D eigenvalue weighted by Gasteiger charge is 2.52. The molecule has 3 fully saturated rings. The fourth-order valence-corrected chi connectivity index (χ4v) is 3.71. The number of furan rings is 1. The Balaban J connectivity index is 1.47. The Morgan fingerprint density at radius 1 is 1.33 bits per heavy atom. The molecular formula is C15H22N2O4. The van der Waals surface area contributed by atoms with E-state index in [1.807, 2.05) is 12.1 Å². The molecule has 0 aliphatic carbocycles. The molecule has 0 spiro atoms. The predicted octanol–water partition coefficient (Wildman–Crippen LogP) is 0.318. The van der Waals surface area contributed by atoms with Crippen LogP contribution in [0.1, 0.15) is 18.6 Å². The normalized spacial score (nSPS) is 40.0. The molecule has 0 saturated carbocycles. The van der Waals surface area contributed by atoms with Crippen LogP contribution in [-0.2, 0) is 16.0 Å². The molecule has 1 aromatic heterocycles. The first-order valence-electron chi connectivity index (χ1n) is 7.78. The summed E-state index contributed by atoms with van der Waals surface area (Å²) in [6.45, 7) is 3.16. The Labute approximate surface area is 124 Å². The quantitative estimate of drug-likeness (QED) is 0.833. The first kappa shape index (κ1) is 13.7. The first-order chi connectivity index (χ1) is 10.3. The summed E-state index contributed by atoms with van der Waals surface area (Å²) in [4.78, 5) is 2.30. The molecule has 5 unspecified atom stereocenters. The average molecular weight is 294 g/mol. The predicted molar refractivity (Wildman–Crippen MR) is 74.6 cm³/mol. The minimum Gasteiger partial charge on any atom is -0.468 e. The van der Waals surface area contributed by atoms with Gasteiger partial charge in [0.05, 0.1) is 37.6 Å². The summed E-state index contributed by atoms with van der Waals surface area (Å²) < 4.78 is 17.0. The maximum atomic E-state index is 10.8.